The van der Waals surface area contributed by atoms with Gasteiger partial charge in [0.25, 0.3) is 5.91 Å². The summed E-state index contributed by atoms with van der Waals surface area (Å²) < 4.78 is 0. The minimum absolute atomic E-state index is 0.0330. The lowest BCUT2D eigenvalue weighted by atomic mass is 9.96. The molecule has 4 heteroatoms. The summed E-state index contributed by atoms with van der Waals surface area (Å²) in [4.78, 5) is 20.3. The van der Waals surface area contributed by atoms with E-state index in [0.717, 1.165) is 26.2 Å². The molecule has 2 aromatic carbocycles. The zero-order chi connectivity index (χ0) is 18.5. The van der Waals surface area contributed by atoms with E-state index in [1.165, 1.54) is 16.0 Å². The number of nitrogens with one attached hydrogen (secondary N) is 1. The lowest BCUT2D eigenvalue weighted by Crippen LogP contribution is -3.15. The Morgan fingerprint density at radius 3 is 1.89 bits per heavy atom. The molecule has 0 unspecified atom stereocenters. The zero-order valence-electron chi connectivity index (χ0n) is 15.3. The van der Waals surface area contributed by atoms with Crippen molar-refractivity contribution in [1.82, 2.24) is 9.88 Å². The highest BCUT2D eigenvalue weighted by Crippen LogP contribution is 2.19. The van der Waals surface area contributed by atoms with Crippen LogP contribution in [0.25, 0.3) is 0 Å². The highest BCUT2D eigenvalue weighted by Gasteiger charge is 2.31. The van der Waals surface area contributed by atoms with Crippen LogP contribution in [0, 0.1) is 0 Å². The number of piperazine rings is 1. The second-order valence-corrected chi connectivity index (χ2v) is 6.92. The number of quaternary nitrogens is 1. The molecule has 0 atom stereocenters. The number of rotatable bonds is 4. The summed E-state index contributed by atoms with van der Waals surface area (Å²) >= 11 is 0. The Labute approximate surface area is 160 Å². The molecule has 0 radical (unpaired) electrons. The van der Waals surface area contributed by atoms with Crippen molar-refractivity contribution in [3.8, 4) is 0 Å². The Morgan fingerprint density at radius 1 is 0.815 bits per heavy atom. The van der Waals surface area contributed by atoms with Crippen LogP contribution in [0.1, 0.15) is 27.7 Å². The monoisotopic (exact) mass is 358 g/mol. The number of nitrogens with zero attached hydrogens (tertiary/aromatic N) is 2. The van der Waals surface area contributed by atoms with Gasteiger partial charge in [-0.15, -0.1) is 0 Å². The molecule has 0 saturated carbocycles. The topological polar surface area (TPSA) is 37.6 Å². The molecule has 2 heterocycles. The van der Waals surface area contributed by atoms with Gasteiger partial charge >= 0.3 is 0 Å². The van der Waals surface area contributed by atoms with Crippen molar-refractivity contribution in [3.05, 3.63) is 102 Å². The van der Waals surface area contributed by atoms with Crippen molar-refractivity contribution >= 4 is 5.91 Å². The standard InChI is InChI=1S/C23H23N3O/c27-23(21-13-7-8-14-24-21)26-17-15-25(16-18-26)22(19-9-3-1-4-10-19)20-11-5-2-6-12-20/h1-14,22H,15-18H2/p+1. The highest BCUT2D eigenvalue weighted by atomic mass is 16.2. The minimum Gasteiger partial charge on any atom is -0.326 e. The van der Waals surface area contributed by atoms with Crippen LogP contribution in [0.4, 0.5) is 0 Å². The first kappa shape index (κ1) is 17.4. The number of amides is 1. The SMILES string of the molecule is O=C(c1ccccn1)N1CC[NH+](C(c2ccccc2)c2ccccc2)CC1. The summed E-state index contributed by atoms with van der Waals surface area (Å²) in [6.07, 6.45) is 1.68. The molecule has 0 spiro atoms. The van der Waals surface area contributed by atoms with E-state index in [9.17, 15) is 4.79 Å². The van der Waals surface area contributed by atoms with Crippen molar-refractivity contribution in [2.45, 2.75) is 6.04 Å². The number of hydrogen-bond donors (Lipinski definition) is 1. The van der Waals surface area contributed by atoms with Crippen LogP contribution in [0.3, 0.4) is 0 Å². The molecule has 1 saturated heterocycles. The Bertz CT molecular complexity index is 820. The predicted octanol–water partition coefficient (Wildman–Crippen LogP) is 2.21. The van der Waals surface area contributed by atoms with Gasteiger partial charge in [0.2, 0.25) is 0 Å². The van der Waals surface area contributed by atoms with Gasteiger partial charge in [0.1, 0.15) is 11.7 Å². The maximum Gasteiger partial charge on any atom is 0.272 e. The van der Waals surface area contributed by atoms with Crippen LogP contribution in [-0.2, 0) is 0 Å². The Kier molecular flexibility index (Phi) is 5.26. The fraction of sp³-hybridized carbons (Fsp3) is 0.217. The number of pyridine rings is 1. The van der Waals surface area contributed by atoms with Gasteiger partial charge in [0.15, 0.2) is 0 Å². The summed E-state index contributed by atoms with van der Waals surface area (Å²) in [5.41, 5.74) is 3.18. The predicted molar refractivity (Wildman–Crippen MR) is 106 cm³/mol. The normalized spacial score (nSPS) is 15.1. The molecule has 4 rings (SSSR count). The minimum atomic E-state index is 0.0330. The first-order valence-electron chi connectivity index (χ1n) is 9.48. The summed E-state index contributed by atoms with van der Waals surface area (Å²) in [5, 5.41) is 0. The van der Waals surface area contributed by atoms with Crippen molar-refractivity contribution in [3.63, 3.8) is 0 Å². The van der Waals surface area contributed by atoms with E-state index in [1.807, 2.05) is 17.0 Å². The van der Waals surface area contributed by atoms with Gasteiger partial charge in [-0.25, -0.2) is 0 Å². The van der Waals surface area contributed by atoms with Gasteiger partial charge in [-0.05, 0) is 12.1 Å². The van der Waals surface area contributed by atoms with Gasteiger partial charge in [0, 0.05) is 17.3 Å². The molecule has 3 aromatic rings. The number of benzene rings is 2. The molecule has 1 aromatic heterocycles. The fourth-order valence-corrected chi connectivity index (χ4v) is 3.89. The Morgan fingerprint density at radius 2 is 1.37 bits per heavy atom. The summed E-state index contributed by atoms with van der Waals surface area (Å²) in [5.74, 6) is 0.0330. The largest absolute Gasteiger partial charge is 0.326 e. The second-order valence-electron chi connectivity index (χ2n) is 6.92. The molecule has 136 valence electrons. The average molecular weight is 358 g/mol. The van der Waals surface area contributed by atoms with Gasteiger partial charge in [0.05, 0.1) is 26.2 Å². The van der Waals surface area contributed by atoms with E-state index < -0.39 is 0 Å². The highest BCUT2D eigenvalue weighted by molar-refractivity contribution is 5.92. The lowest BCUT2D eigenvalue weighted by molar-refractivity contribution is -0.929. The first-order chi connectivity index (χ1) is 13.3. The third-order valence-electron chi connectivity index (χ3n) is 5.25. The van der Waals surface area contributed by atoms with E-state index in [1.54, 1.807) is 12.3 Å². The molecule has 0 aliphatic carbocycles. The molecular formula is C23H24N3O+. The van der Waals surface area contributed by atoms with Crippen molar-refractivity contribution in [2.24, 2.45) is 0 Å². The van der Waals surface area contributed by atoms with E-state index in [0.29, 0.717) is 11.7 Å². The third-order valence-corrected chi connectivity index (χ3v) is 5.25. The third kappa shape index (κ3) is 3.91. The van der Waals surface area contributed by atoms with Crippen LogP contribution < -0.4 is 4.90 Å². The smallest absolute Gasteiger partial charge is 0.272 e. The van der Waals surface area contributed by atoms with Crippen LogP contribution in [-0.4, -0.2) is 42.0 Å². The van der Waals surface area contributed by atoms with Gasteiger partial charge < -0.3 is 9.80 Å². The van der Waals surface area contributed by atoms with Crippen molar-refractivity contribution in [2.75, 3.05) is 26.2 Å². The molecule has 4 nitrogen and oxygen atoms in total. The molecule has 1 fully saturated rings. The number of hydrogen-bond acceptors (Lipinski definition) is 2. The first-order valence-corrected chi connectivity index (χ1v) is 9.48. The maximum atomic E-state index is 12.7. The van der Waals surface area contributed by atoms with Gasteiger partial charge in [-0.3, -0.25) is 9.78 Å². The van der Waals surface area contributed by atoms with Crippen LogP contribution in [0.15, 0.2) is 85.1 Å². The second kappa shape index (κ2) is 8.14. The molecule has 1 amide bonds. The van der Waals surface area contributed by atoms with Gasteiger partial charge in [-0.1, -0.05) is 66.7 Å². The summed E-state index contributed by atoms with van der Waals surface area (Å²) in [6, 6.07) is 27.1. The number of carbonyl (C=O) groups excluding carboxylic acids is 1. The lowest BCUT2D eigenvalue weighted by Gasteiger charge is -2.37. The molecule has 1 aliphatic heterocycles. The Hall–Kier alpha value is -2.98. The van der Waals surface area contributed by atoms with E-state index in [4.69, 9.17) is 0 Å². The molecule has 0 bridgehead atoms. The van der Waals surface area contributed by atoms with E-state index >= 15 is 0 Å². The Balaban J connectivity index is 1.51. The van der Waals surface area contributed by atoms with E-state index in [-0.39, 0.29) is 5.91 Å². The van der Waals surface area contributed by atoms with Crippen LogP contribution in [0.5, 0.6) is 0 Å². The van der Waals surface area contributed by atoms with Crippen LogP contribution in [0.2, 0.25) is 0 Å². The molecule has 1 N–H and O–H groups in total. The molecule has 1 aliphatic rings. The zero-order valence-corrected chi connectivity index (χ0v) is 15.3. The quantitative estimate of drug-likeness (QED) is 0.777. The summed E-state index contributed by atoms with van der Waals surface area (Å²) in [7, 11) is 0. The average Bonchev–Trinajstić information content (AvgIpc) is 2.76. The van der Waals surface area contributed by atoms with Crippen LogP contribution >= 0.6 is 0 Å². The molecular weight excluding hydrogens is 334 g/mol. The number of aromatic nitrogens is 1. The van der Waals surface area contributed by atoms with Crippen molar-refractivity contribution < 1.29 is 9.69 Å². The van der Waals surface area contributed by atoms with Gasteiger partial charge in [-0.2, -0.15) is 0 Å². The molecule has 27 heavy (non-hydrogen) atoms. The summed E-state index contributed by atoms with van der Waals surface area (Å²) in [6.45, 7) is 3.35. The fourth-order valence-electron chi connectivity index (χ4n) is 3.89. The van der Waals surface area contributed by atoms with Crippen molar-refractivity contribution in [1.29, 1.82) is 0 Å². The van der Waals surface area contributed by atoms with E-state index in [2.05, 4.69) is 65.6 Å². The number of carbonyl (C=O) groups is 1. The maximum absolute atomic E-state index is 12.7.